The molecule has 0 spiro atoms. The van der Waals surface area contributed by atoms with Gasteiger partial charge in [0, 0.05) is 24.2 Å². The fraction of sp³-hybridized carbons (Fsp3) is 0.375. The monoisotopic (exact) mass is 268 g/mol. The van der Waals surface area contributed by atoms with Crippen LogP contribution in [0.1, 0.15) is 30.3 Å². The van der Waals surface area contributed by atoms with Crippen LogP contribution in [0, 0.1) is 6.92 Å². The van der Waals surface area contributed by atoms with Crippen LogP contribution in [0.25, 0.3) is 0 Å². The number of nitrogen functional groups attached to an aromatic ring is 1. The smallest absolute Gasteiger partial charge is 0.141 e. The molecule has 0 bridgehead atoms. The summed E-state index contributed by atoms with van der Waals surface area (Å²) in [5.41, 5.74) is 9.66. The molecule has 2 N–H and O–H groups in total. The third-order valence-electron chi connectivity index (χ3n) is 3.82. The van der Waals surface area contributed by atoms with Crippen molar-refractivity contribution in [2.45, 2.75) is 33.1 Å². The first-order chi connectivity index (χ1) is 9.70. The van der Waals surface area contributed by atoms with Crippen LogP contribution in [0.3, 0.4) is 0 Å². The number of benzene rings is 1. The number of hydrogen-bond acceptors (Lipinski definition) is 4. The van der Waals surface area contributed by atoms with Crippen LogP contribution < -0.4 is 10.6 Å². The number of para-hydroxylation sites is 1. The van der Waals surface area contributed by atoms with E-state index in [0.717, 1.165) is 43.0 Å². The van der Waals surface area contributed by atoms with Crippen molar-refractivity contribution in [2.75, 3.05) is 17.2 Å². The van der Waals surface area contributed by atoms with Gasteiger partial charge in [0.05, 0.1) is 0 Å². The minimum atomic E-state index is 0.600. The van der Waals surface area contributed by atoms with Crippen LogP contribution in [-0.4, -0.2) is 16.5 Å². The molecule has 0 radical (unpaired) electrons. The summed E-state index contributed by atoms with van der Waals surface area (Å²) in [5.74, 6) is 2.41. The maximum Gasteiger partial charge on any atom is 0.141 e. The van der Waals surface area contributed by atoms with Gasteiger partial charge in [0.1, 0.15) is 17.5 Å². The molecule has 0 fully saturated rings. The molecule has 4 nitrogen and oxygen atoms in total. The van der Waals surface area contributed by atoms with Gasteiger partial charge in [-0.3, -0.25) is 0 Å². The Bertz CT molecular complexity index is 636. The molecule has 1 aliphatic heterocycles. The van der Waals surface area contributed by atoms with E-state index in [0.29, 0.717) is 5.82 Å². The molecular weight excluding hydrogens is 248 g/mol. The summed E-state index contributed by atoms with van der Waals surface area (Å²) in [6, 6.07) is 8.50. The van der Waals surface area contributed by atoms with E-state index in [-0.39, 0.29) is 0 Å². The third-order valence-corrected chi connectivity index (χ3v) is 3.82. The summed E-state index contributed by atoms with van der Waals surface area (Å²) in [5, 5.41) is 0. The lowest BCUT2D eigenvalue weighted by Gasteiger charge is -2.21. The molecule has 2 heterocycles. The Labute approximate surface area is 119 Å². The molecular formula is C16H20N4. The van der Waals surface area contributed by atoms with E-state index >= 15 is 0 Å². The summed E-state index contributed by atoms with van der Waals surface area (Å²) in [7, 11) is 0. The van der Waals surface area contributed by atoms with Gasteiger partial charge in [-0.25, -0.2) is 9.97 Å². The van der Waals surface area contributed by atoms with Gasteiger partial charge in [-0.2, -0.15) is 0 Å². The third kappa shape index (κ3) is 2.11. The lowest BCUT2D eigenvalue weighted by Crippen LogP contribution is -2.18. The number of nitrogens with zero attached hydrogens (tertiary/aromatic N) is 3. The molecule has 0 unspecified atom stereocenters. The summed E-state index contributed by atoms with van der Waals surface area (Å²) in [6.45, 7) is 5.09. The Morgan fingerprint density at radius 1 is 1.25 bits per heavy atom. The molecule has 0 aliphatic carbocycles. The number of anilines is 3. The number of fused-ring (bicyclic) bond motifs is 1. The lowest BCUT2D eigenvalue weighted by atomic mass is 10.2. The maximum absolute atomic E-state index is 6.06. The van der Waals surface area contributed by atoms with Crippen LogP contribution in [0.15, 0.2) is 24.3 Å². The van der Waals surface area contributed by atoms with Gasteiger partial charge in [0.2, 0.25) is 0 Å². The van der Waals surface area contributed by atoms with Crippen molar-refractivity contribution in [1.82, 2.24) is 9.97 Å². The van der Waals surface area contributed by atoms with Gasteiger partial charge in [-0.05, 0) is 31.4 Å². The van der Waals surface area contributed by atoms with Crippen LogP contribution >= 0.6 is 0 Å². The highest BCUT2D eigenvalue weighted by Crippen LogP contribution is 2.35. The van der Waals surface area contributed by atoms with Gasteiger partial charge in [0.15, 0.2) is 0 Å². The molecule has 0 saturated carbocycles. The van der Waals surface area contributed by atoms with E-state index in [1.165, 1.54) is 11.3 Å². The molecule has 0 saturated heterocycles. The quantitative estimate of drug-likeness (QED) is 0.929. The van der Waals surface area contributed by atoms with E-state index in [4.69, 9.17) is 10.7 Å². The summed E-state index contributed by atoms with van der Waals surface area (Å²) in [4.78, 5) is 11.4. The van der Waals surface area contributed by atoms with Crippen molar-refractivity contribution < 1.29 is 0 Å². The van der Waals surface area contributed by atoms with Crippen molar-refractivity contribution in [1.29, 1.82) is 0 Å². The van der Waals surface area contributed by atoms with Crippen molar-refractivity contribution in [3.05, 3.63) is 41.2 Å². The van der Waals surface area contributed by atoms with Crippen LogP contribution in [0.4, 0.5) is 17.3 Å². The zero-order chi connectivity index (χ0) is 14.1. The van der Waals surface area contributed by atoms with E-state index in [2.05, 4.69) is 41.1 Å². The number of aromatic nitrogens is 2. The number of nitrogens with two attached hydrogens (primary N) is 1. The Morgan fingerprint density at radius 3 is 2.85 bits per heavy atom. The van der Waals surface area contributed by atoms with Gasteiger partial charge in [0.25, 0.3) is 0 Å². The van der Waals surface area contributed by atoms with Gasteiger partial charge < -0.3 is 10.6 Å². The second-order valence-electron chi connectivity index (χ2n) is 5.25. The molecule has 2 aromatic rings. The van der Waals surface area contributed by atoms with Gasteiger partial charge in [-0.15, -0.1) is 0 Å². The number of aryl methyl sites for hydroxylation is 1. The SMILES string of the molecule is CCCc1nc(N)c(C)c(N2CCc3ccccc32)n1. The summed E-state index contributed by atoms with van der Waals surface area (Å²) < 4.78 is 0. The highest BCUT2D eigenvalue weighted by atomic mass is 15.2. The number of hydrogen-bond donors (Lipinski definition) is 1. The predicted octanol–water partition coefficient (Wildman–Crippen LogP) is 3.01. The van der Waals surface area contributed by atoms with Crippen LogP contribution in [-0.2, 0) is 12.8 Å². The Morgan fingerprint density at radius 2 is 2.05 bits per heavy atom. The first-order valence-electron chi connectivity index (χ1n) is 7.19. The summed E-state index contributed by atoms with van der Waals surface area (Å²) in [6.07, 6.45) is 2.95. The molecule has 1 aromatic carbocycles. The minimum absolute atomic E-state index is 0.600. The fourth-order valence-electron chi connectivity index (χ4n) is 2.72. The largest absolute Gasteiger partial charge is 0.383 e. The standard InChI is InChI=1S/C16H20N4/c1-3-6-14-18-15(17)11(2)16(19-14)20-10-9-12-7-4-5-8-13(12)20/h4-5,7-8H,3,6,9-10H2,1-2H3,(H2,17,18,19). The Hall–Kier alpha value is -2.10. The Kier molecular flexibility index (Phi) is 3.30. The van der Waals surface area contributed by atoms with Crippen molar-refractivity contribution in [3.63, 3.8) is 0 Å². The van der Waals surface area contributed by atoms with Crippen molar-refractivity contribution in [3.8, 4) is 0 Å². The highest BCUT2D eigenvalue weighted by molar-refractivity contribution is 5.71. The molecule has 104 valence electrons. The fourth-order valence-corrected chi connectivity index (χ4v) is 2.72. The second-order valence-corrected chi connectivity index (χ2v) is 5.25. The molecule has 4 heteroatoms. The highest BCUT2D eigenvalue weighted by Gasteiger charge is 2.23. The zero-order valence-electron chi connectivity index (χ0n) is 12.1. The Balaban J connectivity index is 2.07. The first-order valence-corrected chi connectivity index (χ1v) is 7.19. The van der Waals surface area contributed by atoms with Gasteiger partial charge >= 0.3 is 0 Å². The average molecular weight is 268 g/mol. The number of rotatable bonds is 3. The van der Waals surface area contributed by atoms with Crippen LogP contribution in [0.5, 0.6) is 0 Å². The zero-order valence-corrected chi connectivity index (χ0v) is 12.1. The minimum Gasteiger partial charge on any atom is -0.383 e. The molecule has 20 heavy (non-hydrogen) atoms. The molecule has 1 aliphatic rings. The molecule has 0 atom stereocenters. The van der Waals surface area contributed by atoms with E-state index in [9.17, 15) is 0 Å². The van der Waals surface area contributed by atoms with E-state index < -0.39 is 0 Å². The molecule has 3 rings (SSSR count). The maximum atomic E-state index is 6.06. The average Bonchev–Trinajstić information content (AvgIpc) is 2.87. The predicted molar refractivity (Wildman–Crippen MR) is 82.3 cm³/mol. The van der Waals surface area contributed by atoms with Crippen LogP contribution in [0.2, 0.25) is 0 Å². The van der Waals surface area contributed by atoms with Gasteiger partial charge in [-0.1, -0.05) is 25.1 Å². The van der Waals surface area contributed by atoms with E-state index in [1.807, 2.05) is 6.92 Å². The normalized spacial score (nSPS) is 13.6. The lowest BCUT2D eigenvalue weighted by molar-refractivity contribution is 0.824. The van der Waals surface area contributed by atoms with Crippen molar-refractivity contribution >= 4 is 17.3 Å². The second kappa shape index (κ2) is 5.12. The molecule has 0 amide bonds. The van der Waals surface area contributed by atoms with Crippen molar-refractivity contribution in [2.24, 2.45) is 0 Å². The molecule has 1 aromatic heterocycles. The topological polar surface area (TPSA) is 55.0 Å². The van der Waals surface area contributed by atoms with E-state index in [1.54, 1.807) is 0 Å². The first kappa shape index (κ1) is 12.9. The summed E-state index contributed by atoms with van der Waals surface area (Å²) >= 11 is 0.